The number of aliphatic hydroxyl groups is 1. The molecule has 2 fully saturated rings. The minimum absolute atomic E-state index is 0.00636. The van der Waals surface area contributed by atoms with Crippen LogP contribution in [0.25, 0.3) is 10.9 Å². The molecular formula is C39H42F2N4O7. The number of rotatable bonds is 15. The van der Waals surface area contributed by atoms with Crippen LogP contribution >= 0.6 is 0 Å². The molecule has 1 aliphatic carbocycles. The molecule has 1 saturated heterocycles. The number of nitrogens with one attached hydrogen (secondary N) is 2. The number of fused-ring (bicyclic) bond motifs is 1. The number of ketones is 1. The number of likely N-dealkylation sites (tertiary alicyclic amines) is 1. The molecule has 1 unspecified atom stereocenters. The number of pyridine rings is 1. The van der Waals surface area contributed by atoms with Crippen molar-refractivity contribution in [3.8, 4) is 23.0 Å². The summed E-state index contributed by atoms with van der Waals surface area (Å²) in [5.41, 5.74) is -0.224. The second-order valence-corrected chi connectivity index (χ2v) is 13.5. The van der Waals surface area contributed by atoms with Gasteiger partial charge in [0, 0.05) is 47.6 Å². The molecule has 2 amide bonds. The van der Waals surface area contributed by atoms with E-state index in [2.05, 4.69) is 20.5 Å². The molecule has 1 atom stereocenters. The molecule has 4 aromatic rings. The highest BCUT2D eigenvalue weighted by Crippen LogP contribution is 2.48. The Morgan fingerprint density at radius 1 is 0.923 bits per heavy atom. The number of carbonyl (C=O) groups is 3. The number of Topliss-reactive ketones (excluding diaryl/α,β-unsaturated/α-hetero) is 1. The average Bonchev–Trinajstić information content (AvgIpc) is 3.96. The Balaban J connectivity index is 1.08. The van der Waals surface area contributed by atoms with Gasteiger partial charge in [-0.2, -0.15) is 0 Å². The standard InChI is InChI=1S/C39H42F2N4O7/c1-24(12-18-46)32(47)22-45-16-10-25(11-17-45)23-51-36-20-29-31(21-35(36)50-2)42-15-9-33(29)52-34-8-7-28(19-30(34)41)44-38(49)39(13-14-39)37(48)43-27-5-3-26(40)4-6-27/h3-9,15,19-21,24-25,46H,10-14,16-18,22-23H2,1-2H3,(H,43,48)(H,44,49). The Labute approximate surface area is 300 Å². The summed E-state index contributed by atoms with van der Waals surface area (Å²) in [6, 6.07) is 14.3. The molecule has 1 saturated carbocycles. The van der Waals surface area contributed by atoms with Gasteiger partial charge in [0.2, 0.25) is 11.8 Å². The van der Waals surface area contributed by atoms with E-state index in [1.54, 1.807) is 31.5 Å². The number of benzene rings is 3. The van der Waals surface area contributed by atoms with Gasteiger partial charge in [-0.1, -0.05) is 6.92 Å². The molecule has 1 aliphatic heterocycles. The molecule has 13 heteroatoms. The third-order valence-electron chi connectivity index (χ3n) is 9.79. The maximum atomic E-state index is 15.4. The van der Waals surface area contributed by atoms with E-state index in [4.69, 9.17) is 19.3 Å². The van der Waals surface area contributed by atoms with Crippen molar-refractivity contribution in [3.05, 3.63) is 78.5 Å². The molecule has 1 aromatic heterocycles. The van der Waals surface area contributed by atoms with Gasteiger partial charge in [0.15, 0.2) is 23.1 Å². The van der Waals surface area contributed by atoms with Crippen molar-refractivity contribution in [2.45, 2.75) is 39.0 Å². The van der Waals surface area contributed by atoms with Crippen molar-refractivity contribution < 1.29 is 42.5 Å². The summed E-state index contributed by atoms with van der Waals surface area (Å²) in [4.78, 5) is 45.0. The third-order valence-corrected chi connectivity index (χ3v) is 9.79. The van der Waals surface area contributed by atoms with E-state index in [0.717, 1.165) is 32.0 Å². The van der Waals surface area contributed by atoms with Crippen LogP contribution in [0, 0.1) is 28.9 Å². The Hall–Kier alpha value is -5.14. The first-order chi connectivity index (χ1) is 25.1. The summed E-state index contributed by atoms with van der Waals surface area (Å²) in [7, 11) is 1.54. The normalized spacial score (nSPS) is 16.2. The number of aliphatic hydroxyl groups excluding tert-OH is 1. The molecule has 0 bridgehead atoms. The fraction of sp³-hybridized carbons (Fsp3) is 0.385. The summed E-state index contributed by atoms with van der Waals surface area (Å²) in [6.45, 7) is 4.25. The van der Waals surface area contributed by atoms with Gasteiger partial charge in [-0.15, -0.1) is 0 Å². The second-order valence-electron chi connectivity index (χ2n) is 13.5. The SMILES string of the molecule is COc1cc2nccc(Oc3ccc(NC(=O)C4(C(=O)Nc5ccc(F)cc5)CC4)cc3F)c2cc1OCC1CCN(CC(=O)C(C)CCO)CC1. The topological polar surface area (TPSA) is 139 Å². The number of hydrogen-bond donors (Lipinski definition) is 3. The minimum atomic E-state index is -1.30. The Morgan fingerprint density at radius 2 is 1.62 bits per heavy atom. The molecular weight excluding hydrogens is 674 g/mol. The molecule has 2 heterocycles. The molecule has 3 aromatic carbocycles. The zero-order chi connectivity index (χ0) is 36.8. The highest BCUT2D eigenvalue weighted by atomic mass is 19.1. The average molecular weight is 717 g/mol. The lowest BCUT2D eigenvalue weighted by atomic mass is 9.96. The molecule has 0 radical (unpaired) electrons. The molecule has 2 aliphatic rings. The zero-order valence-electron chi connectivity index (χ0n) is 29.1. The maximum Gasteiger partial charge on any atom is 0.240 e. The van der Waals surface area contributed by atoms with Crippen LogP contribution in [0.3, 0.4) is 0 Å². The fourth-order valence-electron chi connectivity index (χ4n) is 6.24. The fourth-order valence-corrected chi connectivity index (χ4v) is 6.24. The van der Waals surface area contributed by atoms with Crippen LogP contribution in [0.4, 0.5) is 20.2 Å². The number of piperidine rings is 1. The quantitative estimate of drug-likeness (QED) is 0.120. The molecule has 274 valence electrons. The predicted molar refractivity (Wildman–Crippen MR) is 191 cm³/mol. The number of ether oxygens (including phenoxy) is 3. The molecule has 6 rings (SSSR count). The van der Waals surface area contributed by atoms with Crippen LogP contribution < -0.4 is 24.8 Å². The van der Waals surface area contributed by atoms with E-state index in [9.17, 15) is 18.8 Å². The van der Waals surface area contributed by atoms with Crippen LogP contribution in [-0.4, -0.2) is 72.5 Å². The van der Waals surface area contributed by atoms with Crippen LogP contribution in [0.1, 0.15) is 39.0 Å². The van der Waals surface area contributed by atoms with Gasteiger partial charge >= 0.3 is 0 Å². The molecule has 11 nitrogen and oxygen atoms in total. The second kappa shape index (κ2) is 16.0. The summed E-state index contributed by atoms with van der Waals surface area (Å²) < 4.78 is 46.5. The smallest absolute Gasteiger partial charge is 0.240 e. The number of halogens is 2. The monoisotopic (exact) mass is 716 g/mol. The summed E-state index contributed by atoms with van der Waals surface area (Å²) in [6.07, 6.45) is 4.41. The van der Waals surface area contributed by atoms with Gasteiger partial charge in [0.25, 0.3) is 0 Å². The van der Waals surface area contributed by atoms with Crippen molar-refractivity contribution in [3.63, 3.8) is 0 Å². The number of nitrogens with zero attached hydrogens (tertiary/aromatic N) is 2. The van der Waals surface area contributed by atoms with Gasteiger partial charge in [-0.05, 0) is 99.6 Å². The Bertz CT molecular complexity index is 1930. The number of carbonyl (C=O) groups excluding carboxylic acids is 3. The lowest BCUT2D eigenvalue weighted by molar-refractivity contribution is -0.131. The largest absolute Gasteiger partial charge is 0.493 e. The number of hydrogen-bond acceptors (Lipinski definition) is 9. The van der Waals surface area contributed by atoms with Gasteiger partial charge in [-0.3, -0.25) is 24.3 Å². The zero-order valence-corrected chi connectivity index (χ0v) is 29.1. The first-order valence-corrected chi connectivity index (χ1v) is 17.4. The number of anilines is 2. The number of amides is 2. The van der Waals surface area contributed by atoms with Crippen molar-refractivity contribution in [2.75, 3.05) is 50.6 Å². The first-order valence-electron chi connectivity index (χ1n) is 17.4. The van der Waals surface area contributed by atoms with E-state index in [1.807, 2.05) is 6.92 Å². The summed E-state index contributed by atoms with van der Waals surface area (Å²) in [5, 5.41) is 15.0. The van der Waals surface area contributed by atoms with E-state index >= 15 is 4.39 Å². The highest BCUT2D eigenvalue weighted by Gasteiger charge is 2.56. The van der Waals surface area contributed by atoms with Gasteiger partial charge in [-0.25, -0.2) is 8.78 Å². The molecule has 3 N–H and O–H groups in total. The van der Waals surface area contributed by atoms with Crippen molar-refractivity contribution in [1.29, 1.82) is 0 Å². The first kappa shape index (κ1) is 36.6. The van der Waals surface area contributed by atoms with E-state index < -0.39 is 28.9 Å². The van der Waals surface area contributed by atoms with Crippen molar-refractivity contribution >= 4 is 39.9 Å². The van der Waals surface area contributed by atoms with E-state index in [0.29, 0.717) is 66.3 Å². The van der Waals surface area contributed by atoms with Crippen molar-refractivity contribution in [2.24, 2.45) is 17.3 Å². The molecule has 0 spiro atoms. The van der Waals surface area contributed by atoms with Gasteiger partial charge < -0.3 is 30.0 Å². The third kappa shape index (κ3) is 8.48. The lowest BCUT2D eigenvalue weighted by Crippen LogP contribution is -2.40. The lowest BCUT2D eigenvalue weighted by Gasteiger charge is -2.32. The summed E-state index contributed by atoms with van der Waals surface area (Å²) >= 11 is 0. The minimum Gasteiger partial charge on any atom is -0.493 e. The predicted octanol–water partition coefficient (Wildman–Crippen LogP) is 6.35. The van der Waals surface area contributed by atoms with Crippen LogP contribution in [0.2, 0.25) is 0 Å². The van der Waals surface area contributed by atoms with E-state index in [-0.39, 0.29) is 35.7 Å². The molecule has 52 heavy (non-hydrogen) atoms. The maximum absolute atomic E-state index is 15.4. The van der Waals surface area contributed by atoms with Crippen LogP contribution in [0.15, 0.2) is 66.9 Å². The Kier molecular flexibility index (Phi) is 11.3. The van der Waals surface area contributed by atoms with E-state index in [1.165, 1.54) is 36.4 Å². The van der Waals surface area contributed by atoms with Crippen LogP contribution in [0.5, 0.6) is 23.0 Å². The number of methoxy groups -OCH3 is 1. The highest BCUT2D eigenvalue weighted by molar-refractivity contribution is 6.16. The van der Waals surface area contributed by atoms with Crippen molar-refractivity contribution in [1.82, 2.24) is 9.88 Å². The summed E-state index contributed by atoms with van der Waals surface area (Å²) in [5.74, 6) is -0.772. The van der Waals surface area contributed by atoms with Gasteiger partial charge in [0.05, 0.1) is 25.8 Å². The Morgan fingerprint density at radius 3 is 2.27 bits per heavy atom. The van der Waals surface area contributed by atoms with Gasteiger partial charge in [0.1, 0.15) is 22.8 Å². The number of aromatic nitrogens is 1. The van der Waals surface area contributed by atoms with Crippen LogP contribution in [-0.2, 0) is 14.4 Å².